The molecule has 2 aromatic heterocycles. The minimum Gasteiger partial charge on any atom is -0.507 e. The van der Waals surface area contributed by atoms with Gasteiger partial charge in [0.2, 0.25) is 0 Å². The number of nitrogens with zero attached hydrogens (tertiary/aromatic N) is 4. The monoisotopic (exact) mass is 897 g/mol. The number of hydrogen-bond acceptors (Lipinski definition) is 6. The molecule has 1 aliphatic carbocycles. The maximum absolute atomic E-state index is 12.5. The predicted molar refractivity (Wildman–Crippen MR) is 186 cm³/mol. The Kier molecular flexibility index (Phi) is 17.3. The molecule has 0 saturated heterocycles. The summed E-state index contributed by atoms with van der Waals surface area (Å²) in [5, 5.41) is 33.6. The molecule has 1 aromatic carbocycles. The second-order valence-corrected chi connectivity index (χ2v) is 25.6. The number of phenolic OH excluding ortho intramolecular Hbond substituents is 1. The van der Waals surface area contributed by atoms with Crippen LogP contribution in [0.4, 0.5) is 26.3 Å². The number of aliphatic hydroxyl groups excluding tert-OH is 1. The van der Waals surface area contributed by atoms with Crippen LogP contribution in [0, 0.1) is 6.08 Å². The fraction of sp³-hybridized carbons (Fsp3) is 0.412. The van der Waals surface area contributed by atoms with Gasteiger partial charge in [-0.2, -0.15) is 36.5 Å². The summed E-state index contributed by atoms with van der Waals surface area (Å²) >= 11 is -0.590. The molecule has 0 unspecified atom stereocenters. The van der Waals surface area contributed by atoms with E-state index in [-0.39, 0.29) is 20.7 Å². The standard InChI is InChI=1S/C11H7F3N2O.C7H2F3IO.C4H3N2.3C4H9.Sn/c12-11(13,14)8-1-2-10(17)9(5-8)7-3-4-15-16-6-7;8-7(9,10)4-1-2-6(12)5(11)3-4;1-2-4-6-5-3-1;3*1-3-4-2;/h1-6,17H;1,3H;1,3-4H;3*1,3-4H2,2H3;/p+1. The van der Waals surface area contributed by atoms with Crippen LogP contribution in [0.2, 0.25) is 13.3 Å². The third kappa shape index (κ3) is 13.3. The molecule has 0 aliphatic heterocycles. The zero-order valence-electron chi connectivity index (χ0n) is 27.0. The number of unbranched alkanes of at least 4 members (excludes halogenated alkanes) is 3. The molecule has 0 saturated carbocycles. The summed E-state index contributed by atoms with van der Waals surface area (Å²) in [6.07, 6.45) is 9.72. The molecule has 0 atom stereocenters. The summed E-state index contributed by atoms with van der Waals surface area (Å²) in [7, 11) is 0. The van der Waals surface area contributed by atoms with Gasteiger partial charge < -0.3 is 10.2 Å². The van der Waals surface area contributed by atoms with Crippen LogP contribution in [-0.4, -0.2) is 55.2 Å². The summed E-state index contributed by atoms with van der Waals surface area (Å²) in [4.78, 5) is 0. The van der Waals surface area contributed by atoms with E-state index in [1.807, 2.05) is 6.20 Å². The Balaban J connectivity index is 0.000000256. The van der Waals surface area contributed by atoms with Crippen LogP contribution >= 0.6 is 22.6 Å². The topological polar surface area (TPSA) is 92.0 Å². The fourth-order valence-electron chi connectivity index (χ4n) is 4.98. The second-order valence-electron chi connectivity index (χ2n) is 11.2. The summed E-state index contributed by atoms with van der Waals surface area (Å²) in [6.45, 7) is 6.96. The maximum atomic E-state index is 12.5. The number of allylic oxidation sites excluding steroid dienone is 5. The largest absolute Gasteiger partial charge is 0.507 e. The number of hydrogen-bond donors (Lipinski definition) is 2. The van der Waals surface area contributed by atoms with Crippen molar-refractivity contribution < 1.29 is 36.6 Å². The molecule has 6 nitrogen and oxygen atoms in total. The van der Waals surface area contributed by atoms with E-state index in [2.05, 4.69) is 59.5 Å². The van der Waals surface area contributed by atoms with Gasteiger partial charge in [0.05, 0.1) is 52.7 Å². The third-order valence-corrected chi connectivity index (χ3v) is 24.0. The van der Waals surface area contributed by atoms with Crippen molar-refractivity contribution in [1.29, 1.82) is 0 Å². The summed E-state index contributed by atoms with van der Waals surface area (Å²) in [5.74, 6) is -0.491. The van der Waals surface area contributed by atoms with Gasteiger partial charge in [0, 0.05) is 11.1 Å². The third-order valence-electron chi connectivity index (χ3n) is 7.64. The Hall–Kier alpha value is -2.78. The zero-order valence-corrected chi connectivity index (χ0v) is 32.1. The van der Waals surface area contributed by atoms with Crippen molar-refractivity contribution in [2.45, 2.75) is 85.0 Å². The molecule has 3 aromatic rings. The van der Waals surface area contributed by atoms with Crippen molar-refractivity contribution in [3.05, 3.63) is 93.8 Å². The molecule has 0 amide bonds. The molecule has 0 spiro atoms. The molecule has 2 N–H and O–H groups in total. The number of aromatic hydroxyl groups is 1. The molecule has 1 aliphatic rings. The number of rotatable bonds is 11. The van der Waals surface area contributed by atoms with E-state index < -0.39 is 41.9 Å². The maximum Gasteiger partial charge on any atom is 0.467 e. The molecule has 0 fully saturated rings. The molecule has 2 heterocycles. The second kappa shape index (κ2) is 20.0. The number of halogens is 7. The normalized spacial score (nSPS) is 13.1. The van der Waals surface area contributed by atoms with Crippen molar-refractivity contribution in [2.24, 2.45) is 0 Å². The average Bonchev–Trinajstić information content (AvgIpc) is 3.06. The van der Waals surface area contributed by atoms with E-state index >= 15 is 0 Å². The molecule has 0 radical (unpaired) electrons. The number of aliphatic hydroxyl groups is 1. The van der Waals surface area contributed by atoms with Crippen LogP contribution < -0.4 is 3.58 Å². The fourth-order valence-corrected chi connectivity index (χ4v) is 21.1. The van der Waals surface area contributed by atoms with Gasteiger partial charge in [-0.05, 0) is 24.3 Å². The zero-order chi connectivity index (χ0) is 35.8. The van der Waals surface area contributed by atoms with Gasteiger partial charge in [0.15, 0.2) is 9.15 Å². The number of alkyl halides is 6. The molecule has 0 bridgehead atoms. The van der Waals surface area contributed by atoms with Crippen LogP contribution in [-0.2, 0) is 6.18 Å². The van der Waals surface area contributed by atoms with Crippen molar-refractivity contribution in [2.75, 3.05) is 0 Å². The first kappa shape index (κ1) is 41.4. The molecule has 48 heavy (non-hydrogen) atoms. The first-order chi connectivity index (χ1) is 22.7. The van der Waals surface area contributed by atoms with E-state index in [0.29, 0.717) is 5.56 Å². The van der Waals surface area contributed by atoms with E-state index in [0.717, 1.165) is 30.4 Å². The van der Waals surface area contributed by atoms with E-state index in [9.17, 15) is 31.4 Å². The van der Waals surface area contributed by atoms with Gasteiger partial charge in [-0.3, -0.25) is 0 Å². The number of aromatic nitrogens is 4. The van der Waals surface area contributed by atoms with Gasteiger partial charge in [-0.1, -0.05) is 0 Å². The van der Waals surface area contributed by atoms with Crippen molar-refractivity contribution in [3.8, 4) is 16.9 Å². The smallest absolute Gasteiger partial charge is 0.467 e. The summed E-state index contributed by atoms with van der Waals surface area (Å²) < 4.78 is 79.8. The average molecular weight is 896 g/mol. The molecular weight excluding hydrogens is 856 g/mol. The Morgan fingerprint density at radius 1 is 0.750 bits per heavy atom. The van der Waals surface area contributed by atoms with Crippen LogP contribution in [0.15, 0.2) is 82.2 Å². The molecular formula is C34H40F6IN4O2Sn+. The van der Waals surface area contributed by atoms with Crippen LogP contribution in [0.5, 0.6) is 5.75 Å². The molecule has 14 heteroatoms. The first-order valence-corrected chi connectivity index (χ1v) is 24.2. The van der Waals surface area contributed by atoms with Crippen molar-refractivity contribution in [3.63, 3.8) is 0 Å². The first-order valence-electron chi connectivity index (χ1n) is 15.6. The van der Waals surface area contributed by atoms with Crippen molar-refractivity contribution >= 4 is 44.5 Å². The Bertz CT molecular complexity index is 1480. The van der Waals surface area contributed by atoms with Gasteiger partial charge in [0.1, 0.15) is 11.8 Å². The minimum absolute atomic E-state index is 0.0784. The summed E-state index contributed by atoms with van der Waals surface area (Å²) in [5.41, 5.74) is -1.16. The Labute approximate surface area is 295 Å². The predicted octanol–water partition coefficient (Wildman–Crippen LogP) is 10.5. The minimum atomic E-state index is -4.44. The van der Waals surface area contributed by atoms with Gasteiger partial charge >= 0.3 is 141 Å². The van der Waals surface area contributed by atoms with Crippen molar-refractivity contribution in [1.82, 2.24) is 20.4 Å². The number of phenols is 1. The molecule has 4 rings (SSSR count). The Morgan fingerprint density at radius 2 is 1.31 bits per heavy atom. The molecule has 260 valence electrons. The van der Waals surface area contributed by atoms with Gasteiger partial charge in [-0.15, -0.1) is 0 Å². The van der Waals surface area contributed by atoms with E-state index in [1.165, 1.54) is 70.3 Å². The van der Waals surface area contributed by atoms with E-state index in [1.54, 1.807) is 26.2 Å². The Morgan fingerprint density at radius 3 is 1.75 bits per heavy atom. The van der Waals surface area contributed by atoms with Crippen LogP contribution in [0.3, 0.4) is 0 Å². The van der Waals surface area contributed by atoms with Crippen LogP contribution in [0.1, 0.15) is 64.9 Å². The van der Waals surface area contributed by atoms with Gasteiger partial charge in [-0.25, -0.2) is 0 Å². The van der Waals surface area contributed by atoms with E-state index in [4.69, 9.17) is 5.11 Å². The van der Waals surface area contributed by atoms with Gasteiger partial charge in [0.25, 0.3) is 0 Å². The summed E-state index contributed by atoms with van der Waals surface area (Å²) in [6, 6.07) is 6.48. The van der Waals surface area contributed by atoms with Crippen LogP contribution in [0.25, 0.3) is 11.1 Å². The SMILES string of the molecule is CCC[CH2][Sn]([CH2]CCC)([CH2]CCC)[c]1ccnnc1.OC1=C(I)C=C(C(F)(F)F)C=[C+]1.Oc1ccc(C(F)(F)F)cc1-c1ccnnc1. The quantitative estimate of drug-likeness (QED) is 0.0862. The number of benzene rings is 1.